The summed E-state index contributed by atoms with van der Waals surface area (Å²) in [5.41, 5.74) is 3.05. The summed E-state index contributed by atoms with van der Waals surface area (Å²) in [7, 11) is 0. The molecule has 0 radical (unpaired) electrons. The highest BCUT2D eigenvalue weighted by Gasteiger charge is 2.10. The predicted molar refractivity (Wildman–Crippen MR) is 138 cm³/mol. The van der Waals surface area contributed by atoms with Crippen LogP contribution in [0.4, 0.5) is 0 Å². The summed E-state index contributed by atoms with van der Waals surface area (Å²) >= 11 is 2.14. The second kappa shape index (κ2) is 12.6. The molecule has 7 heteroatoms. The summed E-state index contributed by atoms with van der Waals surface area (Å²) in [5.74, 6) is -0.706. The van der Waals surface area contributed by atoms with Crippen LogP contribution in [0.1, 0.15) is 33.5 Å². The molecule has 0 spiro atoms. The Labute approximate surface area is 212 Å². The molecule has 3 aromatic carbocycles. The van der Waals surface area contributed by atoms with Gasteiger partial charge in [0.2, 0.25) is 0 Å². The average molecular weight is 566 g/mol. The molecule has 0 saturated heterocycles. The summed E-state index contributed by atoms with van der Waals surface area (Å²) in [6, 6.07) is 23.9. The van der Waals surface area contributed by atoms with Crippen LogP contribution in [0.2, 0.25) is 0 Å². The second-order valence-electron chi connectivity index (χ2n) is 7.50. The van der Waals surface area contributed by atoms with E-state index >= 15 is 0 Å². The molecule has 3 aromatic rings. The lowest BCUT2D eigenvalue weighted by atomic mass is 10.1. The normalized spacial score (nSPS) is 10.9. The lowest BCUT2D eigenvalue weighted by molar-refractivity contribution is -0.117. The Hall–Kier alpha value is -3.64. The van der Waals surface area contributed by atoms with Crippen molar-refractivity contribution >= 4 is 40.5 Å². The number of rotatable bonds is 10. The third-order valence-corrected chi connectivity index (χ3v) is 5.84. The van der Waals surface area contributed by atoms with Crippen LogP contribution in [0.15, 0.2) is 78.4 Å². The van der Waals surface area contributed by atoms with Gasteiger partial charge < -0.3 is 15.2 Å². The molecule has 0 bridgehead atoms. The number of hydrogen-bond donors (Lipinski definition) is 2. The van der Waals surface area contributed by atoms with Crippen molar-refractivity contribution in [3.05, 3.63) is 104 Å². The Bertz CT molecular complexity index is 1220. The molecular formula is C27H23IN2O4. The van der Waals surface area contributed by atoms with Crippen LogP contribution in [0.5, 0.6) is 5.75 Å². The summed E-state index contributed by atoms with van der Waals surface area (Å²) in [6.45, 7) is 0.782. The smallest absolute Gasteiger partial charge is 0.335 e. The van der Waals surface area contributed by atoms with E-state index in [2.05, 4.69) is 27.9 Å². The molecule has 0 heterocycles. The van der Waals surface area contributed by atoms with Gasteiger partial charge in [-0.1, -0.05) is 48.5 Å². The number of amides is 1. The second-order valence-corrected chi connectivity index (χ2v) is 8.66. The van der Waals surface area contributed by atoms with Gasteiger partial charge in [-0.05, 0) is 82.5 Å². The predicted octanol–water partition coefficient (Wildman–Crippen LogP) is 5.22. The molecule has 0 unspecified atom stereocenters. The van der Waals surface area contributed by atoms with Crippen LogP contribution in [-0.2, 0) is 17.8 Å². The van der Waals surface area contributed by atoms with Gasteiger partial charge in [0.15, 0.2) is 0 Å². The minimum Gasteiger partial charge on any atom is -0.488 e. The van der Waals surface area contributed by atoms with Crippen molar-refractivity contribution in [2.45, 2.75) is 19.4 Å². The number of carboxylic acid groups (broad SMARTS) is 1. The van der Waals surface area contributed by atoms with Crippen LogP contribution in [0.3, 0.4) is 0 Å². The first kappa shape index (κ1) is 25.0. The fourth-order valence-electron chi connectivity index (χ4n) is 3.18. The van der Waals surface area contributed by atoms with E-state index in [0.29, 0.717) is 18.9 Å². The number of benzene rings is 3. The topological polar surface area (TPSA) is 99.4 Å². The first-order chi connectivity index (χ1) is 16.5. The van der Waals surface area contributed by atoms with Gasteiger partial charge in [0.05, 0.1) is 9.13 Å². The van der Waals surface area contributed by atoms with Crippen molar-refractivity contribution in [3.63, 3.8) is 0 Å². The maximum Gasteiger partial charge on any atom is 0.335 e. The number of nitrogens with one attached hydrogen (secondary N) is 1. The lowest BCUT2D eigenvalue weighted by Crippen LogP contribution is -2.25. The summed E-state index contributed by atoms with van der Waals surface area (Å²) in [5, 5.41) is 21.2. The molecule has 0 aliphatic carbocycles. The highest BCUT2D eigenvalue weighted by molar-refractivity contribution is 14.1. The molecule has 0 aromatic heterocycles. The van der Waals surface area contributed by atoms with E-state index in [0.717, 1.165) is 27.5 Å². The van der Waals surface area contributed by atoms with Crippen LogP contribution in [0.25, 0.3) is 6.08 Å². The van der Waals surface area contributed by atoms with Crippen LogP contribution in [0, 0.1) is 14.9 Å². The Balaban J connectivity index is 1.55. The number of aryl methyl sites for hydroxylation is 1. The molecule has 2 N–H and O–H groups in total. The van der Waals surface area contributed by atoms with E-state index < -0.39 is 11.9 Å². The number of carbonyl (C=O) groups is 2. The molecule has 34 heavy (non-hydrogen) atoms. The maximum atomic E-state index is 12.4. The maximum absolute atomic E-state index is 12.4. The van der Waals surface area contributed by atoms with E-state index in [-0.39, 0.29) is 11.1 Å². The van der Waals surface area contributed by atoms with Crippen LogP contribution in [-0.4, -0.2) is 23.5 Å². The number of carboxylic acids is 1. The van der Waals surface area contributed by atoms with Crippen molar-refractivity contribution < 1.29 is 19.4 Å². The van der Waals surface area contributed by atoms with E-state index in [1.807, 2.05) is 42.5 Å². The third-order valence-electron chi connectivity index (χ3n) is 5.00. The zero-order valence-corrected chi connectivity index (χ0v) is 20.5. The molecule has 6 nitrogen and oxygen atoms in total. The fraction of sp³-hybridized carbons (Fsp3) is 0.148. The van der Waals surface area contributed by atoms with Gasteiger partial charge in [0, 0.05) is 6.54 Å². The molecule has 3 rings (SSSR count). The van der Waals surface area contributed by atoms with Crippen molar-refractivity contribution in [2.24, 2.45) is 0 Å². The number of carbonyl (C=O) groups excluding carboxylic acids is 1. The highest BCUT2D eigenvalue weighted by atomic mass is 127. The monoisotopic (exact) mass is 566 g/mol. The van der Waals surface area contributed by atoms with Gasteiger partial charge in [0.25, 0.3) is 5.91 Å². The summed E-state index contributed by atoms with van der Waals surface area (Å²) in [6.07, 6.45) is 3.20. The van der Waals surface area contributed by atoms with Gasteiger partial charge in [-0.3, -0.25) is 4.79 Å². The van der Waals surface area contributed by atoms with Crippen molar-refractivity contribution in [2.75, 3.05) is 6.54 Å². The third kappa shape index (κ3) is 7.46. The number of halogens is 1. The van der Waals surface area contributed by atoms with Gasteiger partial charge in [0.1, 0.15) is 24.0 Å². The van der Waals surface area contributed by atoms with E-state index in [4.69, 9.17) is 9.84 Å². The van der Waals surface area contributed by atoms with Crippen molar-refractivity contribution in [1.29, 1.82) is 5.26 Å². The minimum absolute atomic E-state index is 0.0442. The Morgan fingerprint density at radius 2 is 1.76 bits per heavy atom. The first-order valence-electron chi connectivity index (χ1n) is 10.6. The van der Waals surface area contributed by atoms with E-state index in [1.54, 1.807) is 30.3 Å². The molecular weight excluding hydrogens is 543 g/mol. The fourth-order valence-corrected chi connectivity index (χ4v) is 3.87. The largest absolute Gasteiger partial charge is 0.488 e. The quantitative estimate of drug-likeness (QED) is 0.152. The van der Waals surface area contributed by atoms with Gasteiger partial charge in [-0.15, -0.1) is 0 Å². The van der Waals surface area contributed by atoms with Gasteiger partial charge >= 0.3 is 5.97 Å². The Morgan fingerprint density at radius 1 is 1.03 bits per heavy atom. The zero-order valence-electron chi connectivity index (χ0n) is 18.3. The summed E-state index contributed by atoms with van der Waals surface area (Å²) in [4.78, 5) is 23.3. The lowest BCUT2D eigenvalue weighted by Gasteiger charge is -2.10. The zero-order chi connectivity index (χ0) is 24.3. The minimum atomic E-state index is -0.969. The molecule has 0 aliphatic heterocycles. The highest BCUT2D eigenvalue weighted by Crippen LogP contribution is 2.24. The standard InChI is InChI=1S/C27H23IN2O4/c28-24-16-21(10-13-25(24)34-18-20-8-11-22(12-9-20)27(32)33)15-23(17-29)26(31)30-14-4-7-19-5-2-1-3-6-19/h1-3,5-6,8-13,15-16H,4,7,14,18H2,(H,30,31)(H,32,33)/b23-15-. The van der Waals surface area contributed by atoms with Crippen LogP contribution >= 0.6 is 22.6 Å². The summed E-state index contributed by atoms with van der Waals surface area (Å²) < 4.78 is 6.67. The molecule has 0 fully saturated rings. The number of nitriles is 1. The number of ether oxygens (including phenoxy) is 1. The number of aromatic carboxylic acids is 1. The van der Waals surface area contributed by atoms with Gasteiger partial charge in [-0.2, -0.15) is 5.26 Å². The van der Waals surface area contributed by atoms with Crippen molar-refractivity contribution in [1.82, 2.24) is 5.32 Å². The molecule has 0 aliphatic rings. The van der Waals surface area contributed by atoms with Crippen molar-refractivity contribution in [3.8, 4) is 11.8 Å². The first-order valence-corrected chi connectivity index (χ1v) is 11.7. The van der Waals surface area contributed by atoms with E-state index in [1.165, 1.54) is 17.7 Å². The van der Waals surface area contributed by atoms with Gasteiger partial charge in [-0.25, -0.2) is 4.79 Å². The number of hydrogen-bond acceptors (Lipinski definition) is 4. The van der Waals surface area contributed by atoms with E-state index in [9.17, 15) is 14.9 Å². The van der Waals surface area contributed by atoms with Crippen LogP contribution < -0.4 is 10.1 Å². The SMILES string of the molecule is N#C/C(=C/c1ccc(OCc2ccc(C(=O)O)cc2)c(I)c1)C(=O)NCCCc1ccccc1. The molecule has 1 amide bonds. The number of nitrogens with zero attached hydrogens (tertiary/aromatic N) is 1. The molecule has 0 saturated carbocycles. The molecule has 0 atom stereocenters. The Kier molecular flexibility index (Phi) is 9.23. The Morgan fingerprint density at radius 3 is 2.41 bits per heavy atom. The molecule has 172 valence electrons. The average Bonchev–Trinajstić information content (AvgIpc) is 2.85.